The van der Waals surface area contributed by atoms with Crippen LogP contribution in [0.2, 0.25) is 0 Å². The van der Waals surface area contributed by atoms with Crippen LogP contribution in [0.5, 0.6) is 17.2 Å². The second kappa shape index (κ2) is 12.9. The lowest BCUT2D eigenvalue weighted by atomic mass is 10.0. The predicted octanol–water partition coefficient (Wildman–Crippen LogP) is 6.21. The van der Waals surface area contributed by atoms with Crippen LogP contribution in [0.15, 0.2) is 86.0 Å². The molecular formula is C35H33FN8O3. The van der Waals surface area contributed by atoms with Crippen molar-refractivity contribution in [1.82, 2.24) is 24.8 Å². The lowest BCUT2D eigenvalue weighted by Crippen LogP contribution is -2.41. The van der Waals surface area contributed by atoms with Crippen molar-refractivity contribution < 1.29 is 18.7 Å². The molecule has 1 fully saturated rings. The third-order valence-electron chi connectivity index (χ3n) is 8.45. The Bertz CT molecular complexity index is 1940. The van der Waals surface area contributed by atoms with Crippen LogP contribution < -0.4 is 25.0 Å². The summed E-state index contributed by atoms with van der Waals surface area (Å²) in [5, 5.41) is 7.38. The first-order valence-electron chi connectivity index (χ1n) is 15.4. The predicted molar refractivity (Wildman–Crippen MR) is 178 cm³/mol. The Balaban J connectivity index is 1.06. The van der Waals surface area contributed by atoms with Crippen molar-refractivity contribution in [2.24, 2.45) is 0 Å². The molecule has 0 atom stereocenters. The highest BCUT2D eigenvalue weighted by Crippen LogP contribution is 2.36. The highest BCUT2D eigenvalue weighted by molar-refractivity contribution is 5.95. The molecule has 0 unspecified atom stereocenters. The molecule has 2 aliphatic rings. The Morgan fingerprint density at radius 3 is 2.62 bits per heavy atom. The molecule has 2 aliphatic heterocycles. The van der Waals surface area contributed by atoms with E-state index in [-0.39, 0.29) is 17.6 Å². The SMILES string of the molecule is C=CC(=O)N1CCC(Nc2cc3c(Nc4ccc(Oc5ccnc(N6Cc7cccnc7C6)c5)cc4F)ncnc3cc2OC)CC1. The average molecular weight is 633 g/mol. The number of aromatic nitrogens is 4. The third kappa shape index (κ3) is 6.35. The van der Waals surface area contributed by atoms with Gasteiger partial charge in [-0.15, -0.1) is 0 Å². The molecule has 2 N–H and O–H groups in total. The zero-order valence-corrected chi connectivity index (χ0v) is 25.8. The molecule has 0 radical (unpaired) electrons. The maximum Gasteiger partial charge on any atom is 0.245 e. The number of pyridine rings is 2. The van der Waals surface area contributed by atoms with Gasteiger partial charge < -0.3 is 29.9 Å². The van der Waals surface area contributed by atoms with Crippen molar-refractivity contribution in [2.45, 2.75) is 32.0 Å². The van der Waals surface area contributed by atoms with E-state index in [9.17, 15) is 4.79 Å². The van der Waals surface area contributed by atoms with Crippen LogP contribution in [0, 0.1) is 5.82 Å². The van der Waals surface area contributed by atoms with E-state index in [0.717, 1.165) is 30.0 Å². The zero-order valence-electron chi connectivity index (χ0n) is 25.8. The van der Waals surface area contributed by atoms with Gasteiger partial charge in [0.1, 0.15) is 41.0 Å². The van der Waals surface area contributed by atoms with E-state index in [4.69, 9.17) is 9.47 Å². The van der Waals surface area contributed by atoms with Gasteiger partial charge in [0.15, 0.2) is 0 Å². The summed E-state index contributed by atoms with van der Waals surface area (Å²) < 4.78 is 27.1. The lowest BCUT2D eigenvalue weighted by Gasteiger charge is -2.32. The Kier molecular flexibility index (Phi) is 8.22. The molecule has 0 bridgehead atoms. The number of halogens is 1. The molecular weight excluding hydrogens is 599 g/mol. The van der Waals surface area contributed by atoms with Crippen molar-refractivity contribution in [2.75, 3.05) is 35.7 Å². The minimum atomic E-state index is -0.503. The number of methoxy groups -OCH3 is 1. The van der Waals surface area contributed by atoms with Gasteiger partial charge in [0.2, 0.25) is 5.91 Å². The minimum Gasteiger partial charge on any atom is -0.495 e. The topological polar surface area (TPSA) is 118 Å². The first-order chi connectivity index (χ1) is 23.0. The summed E-state index contributed by atoms with van der Waals surface area (Å²) in [7, 11) is 1.60. The molecule has 0 aliphatic carbocycles. The van der Waals surface area contributed by atoms with Gasteiger partial charge in [0, 0.05) is 61.7 Å². The summed E-state index contributed by atoms with van der Waals surface area (Å²) in [6.45, 7) is 6.25. The third-order valence-corrected chi connectivity index (χ3v) is 8.45. The summed E-state index contributed by atoms with van der Waals surface area (Å²) in [5.41, 5.74) is 3.85. The normalized spacial score (nSPS) is 14.5. The number of hydrogen-bond donors (Lipinski definition) is 2. The van der Waals surface area contributed by atoms with E-state index in [0.29, 0.717) is 60.1 Å². The zero-order chi connectivity index (χ0) is 32.3. The number of piperidine rings is 1. The molecule has 3 aromatic heterocycles. The number of carbonyl (C=O) groups is 1. The molecule has 0 saturated carbocycles. The molecule has 238 valence electrons. The molecule has 7 rings (SSSR count). The van der Waals surface area contributed by atoms with Crippen LogP contribution in [0.4, 0.5) is 27.4 Å². The smallest absolute Gasteiger partial charge is 0.245 e. The van der Waals surface area contributed by atoms with Gasteiger partial charge in [-0.05, 0) is 54.8 Å². The summed E-state index contributed by atoms with van der Waals surface area (Å²) in [6, 6.07) is 16.1. The molecule has 5 aromatic rings. The van der Waals surface area contributed by atoms with Crippen LogP contribution in [0.25, 0.3) is 10.9 Å². The summed E-state index contributed by atoms with van der Waals surface area (Å²) in [5.74, 6) is 2.17. The van der Waals surface area contributed by atoms with E-state index in [1.54, 1.807) is 42.6 Å². The van der Waals surface area contributed by atoms with Gasteiger partial charge in [-0.25, -0.2) is 19.3 Å². The fraction of sp³-hybridized carbons (Fsp3) is 0.229. The van der Waals surface area contributed by atoms with E-state index in [1.165, 1.54) is 24.0 Å². The second-order valence-electron chi connectivity index (χ2n) is 11.4. The van der Waals surface area contributed by atoms with Crippen molar-refractivity contribution in [3.63, 3.8) is 0 Å². The molecule has 5 heterocycles. The largest absolute Gasteiger partial charge is 0.495 e. The highest BCUT2D eigenvalue weighted by Gasteiger charge is 2.23. The number of amides is 1. The van der Waals surface area contributed by atoms with Crippen LogP contribution in [0.1, 0.15) is 24.1 Å². The number of benzene rings is 2. The van der Waals surface area contributed by atoms with Crippen LogP contribution in [-0.4, -0.2) is 57.0 Å². The van der Waals surface area contributed by atoms with E-state index < -0.39 is 5.82 Å². The lowest BCUT2D eigenvalue weighted by molar-refractivity contribution is -0.126. The van der Waals surface area contributed by atoms with Gasteiger partial charge in [-0.2, -0.15) is 0 Å². The quantitative estimate of drug-likeness (QED) is 0.182. The highest BCUT2D eigenvalue weighted by atomic mass is 19.1. The number of likely N-dealkylation sites (tertiary alicyclic amines) is 1. The Hall–Kier alpha value is -5.78. The fourth-order valence-electron chi connectivity index (χ4n) is 5.98. The Morgan fingerprint density at radius 2 is 1.83 bits per heavy atom. The molecule has 0 spiro atoms. The number of nitrogens with one attached hydrogen (secondary N) is 2. The molecule has 2 aromatic carbocycles. The standard InChI is InChI=1S/C35H33FN8O3/c1-3-34(45)43-13-9-23(10-14-43)41-30-17-26-29(18-32(30)46-2)39-21-40-35(26)42-28-7-6-24(15-27(28)36)47-25-8-12-38-33(16-25)44-19-22-5-4-11-37-31(22)20-44/h3-8,11-12,15-18,21,23,41H,1,9-10,13-14,19-20H2,2H3,(H,39,40,42). The van der Waals surface area contributed by atoms with Gasteiger partial charge in [-0.1, -0.05) is 12.6 Å². The maximum absolute atomic E-state index is 15.5. The van der Waals surface area contributed by atoms with Crippen LogP contribution >= 0.6 is 0 Å². The molecule has 12 heteroatoms. The Morgan fingerprint density at radius 1 is 0.979 bits per heavy atom. The average Bonchev–Trinajstić information content (AvgIpc) is 3.54. The van der Waals surface area contributed by atoms with Gasteiger partial charge >= 0.3 is 0 Å². The minimum absolute atomic E-state index is 0.0555. The van der Waals surface area contributed by atoms with Crippen LogP contribution in [0.3, 0.4) is 0 Å². The summed E-state index contributed by atoms with van der Waals surface area (Å²) >= 11 is 0. The van der Waals surface area contributed by atoms with Crippen LogP contribution in [-0.2, 0) is 17.9 Å². The van der Waals surface area contributed by atoms with Gasteiger partial charge in [-0.3, -0.25) is 9.78 Å². The van der Waals surface area contributed by atoms with E-state index in [2.05, 4.69) is 48.1 Å². The summed E-state index contributed by atoms with van der Waals surface area (Å²) in [6.07, 6.45) is 7.81. The van der Waals surface area contributed by atoms with Crippen molar-refractivity contribution in [3.8, 4) is 17.2 Å². The van der Waals surface area contributed by atoms with E-state index in [1.807, 2.05) is 24.3 Å². The first kappa shape index (κ1) is 29.9. The molecule has 1 saturated heterocycles. The second-order valence-corrected chi connectivity index (χ2v) is 11.4. The number of hydrogen-bond acceptors (Lipinski definition) is 10. The maximum atomic E-state index is 15.5. The van der Waals surface area contributed by atoms with Gasteiger partial charge in [0.25, 0.3) is 0 Å². The van der Waals surface area contributed by atoms with Crippen molar-refractivity contribution in [3.05, 3.63) is 103 Å². The number of anilines is 4. The molecule has 1 amide bonds. The van der Waals surface area contributed by atoms with Gasteiger partial charge in [0.05, 0.1) is 36.2 Å². The molecule has 11 nitrogen and oxygen atoms in total. The number of ether oxygens (including phenoxy) is 2. The van der Waals surface area contributed by atoms with Crippen molar-refractivity contribution in [1.29, 1.82) is 0 Å². The number of nitrogens with zero attached hydrogens (tertiary/aromatic N) is 6. The monoisotopic (exact) mass is 632 g/mol. The fourth-order valence-corrected chi connectivity index (χ4v) is 5.98. The van der Waals surface area contributed by atoms with E-state index >= 15 is 4.39 Å². The number of fused-ring (bicyclic) bond motifs is 2. The summed E-state index contributed by atoms with van der Waals surface area (Å²) in [4.78, 5) is 33.7. The first-order valence-corrected chi connectivity index (χ1v) is 15.4. The number of carbonyl (C=O) groups excluding carboxylic acids is 1. The molecule has 47 heavy (non-hydrogen) atoms. The van der Waals surface area contributed by atoms with Crippen molar-refractivity contribution >= 4 is 39.8 Å². The number of rotatable bonds is 9. The Labute approximate surface area is 271 Å².